The third kappa shape index (κ3) is 3.37. The summed E-state index contributed by atoms with van der Waals surface area (Å²) in [7, 11) is 0. The highest BCUT2D eigenvalue weighted by Crippen LogP contribution is 2.24. The van der Waals surface area contributed by atoms with E-state index < -0.39 is 18.5 Å². The van der Waals surface area contributed by atoms with E-state index in [0.29, 0.717) is 4.90 Å². The Morgan fingerprint density at radius 3 is 2.44 bits per heavy atom. The van der Waals surface area contributed by atoms with Gasteiger partial charge in [-0.3, -0.25) is 4.79 Å². The summed E-state index contributed by atoms with van der Waals surface area (Å²) < 4.78 is 49.1. The minimum absolute atomic E-state index is 0.0177. The van der Waals surface area contributed by atoms with Crippen molar-refractivity contribution in [3.05, 3.63) is 29.0 Å². The summed E-state index contributed by atoms with van der Waals surface area (Å²) in [5.74, 6) is -0.881. The van der Waals surface area contributed by atoms with Gasteiger partial charge in [-0.2, -0.15) is 13.2 Å². The number of carbonyl (C=O) groups is 1. The molecule has 0 spiro atoms. The summed E-state index contributed by atoms with van der Waals surface area (Å²) >= 11 is 5.36. The molecule has 0 aliphatic carbocycles. The van der Waals surface area contributed by atoms with Crippen molar-refractivity contribution in [1.82, 2.24) is 0 Å². The van der Waals surface area contributed by atoms with Gasteiger partial charge in [0.25, 0.3) is 0 Å². The highest BCUT2D eigenvalue weighted by molar-refractivity contribution is 6.30. The van der Waals surface area contributed by atoms with E-state index in [1.807, 2.05) is 0 Å². The highest BCUT2D eigenvalue weighted by Gasteiger charge is 2.31. The maximum absolute atomic E-state index is 13.0. The molecule has 0 aliphatic rings. The molecule has 0 saturated carbocycles. The van der Waals surface area contributed by atoms with Crippen LogP contribution in [0.4, 0.5) is 23.2 Å². The van der Waals surface area contributed by atoms with E-state index in [0.717, 1.165) is 18.2 Å². The monoisotopic (exact) mass is 255 g/mol. The fraction of sp³-hybridized carbons (Fsp3) is 0.222. The molecule has 1 aromatic rings. The lowest BCUT2D eigenvalue weighted by Crippen LogP contribution is -2.33. The van der Waals surface area contributed by atoms with Crippen LogP contribution in [0.25, 0.3) is 0 Å². The molecule has 0 N–H and O–H groups in total. The van der Waals surface area contributed by atoms with Gasteiger partial charge in [-0.05, 0) is 18.2 Å². The van der Waals surface area contributed by atoms with Crippen LogP contribution >= 0.6 is 11.6 Å². The molecule has 0 aliphatic heterocycles. The Bertz CT molecular complexity index is 394. The van der Waals surface area contributed by atoms with Crippen LogP contribution in [-0.4, -0.2) is 19.1 Å². The van der Waals surface area contributed by atoms with Crippen LogP contribution in [0.15, 0.2) is 18.2 Å². The maximum Gasteiger partial charge on any atom is 0.406 e. The average Bonchev–Trinajstić information content (AvgIpc) is 2.17. The lowest BCUT2D eigenvalue weighted by atomic mass is 10.3. The van der Waals surface area contributed by atoms with Gasteiger partial charge in [0.1, 0.15) is 12.4 Å². The Balaban J connectivity index is 2.96. The molecule has 88 valence electrons. The first-order valence-electron chi connectivity index (χ1n) is 4.07. The van der Waals surface area contributed by atoms with Gasteiger partial charge in [-0.1, -0.05) is 11.6 Å². The summed E-state index contributed by atoms with van der Waals surface area (Å²) in [4.78, 5) is 10.8. The second-order valence-electron chi connectivity index (χ2n) is 2.95. The van der Waals surface area contributed by atoms with Gasteiger partial charge in [0.15, 0.2) is 0 Å². The molecule has 2 nitrogen and oxygen atoms in total. The first-order chi connectivity index (χ1) is 7.33. The first kappa shape index (κ1) is 12.8. The second-order valence-corrected chi connectivity index (χ2v) is 3.35. The van der Waals surface area contributed by atoms with E-state index in [9.17, 15) is 22.4 Å². The summed E-state index contributed by atoms with van der Waals surface area (Å²) in [5, 5.41) is -0.221. The summed E-state index contributed by atoms with van der Waals surface area (Å²) in [6.07, 6.45) is -4.56. The number of rotatable bonds is 3. The number of halogens is 5. The standard InChI is InChI=1S/C9H6ClF4NO/c10-7-2-1-6(3-8(7)11)15(5-16)4-9(12,13)14/h1-3,5H,4H2. The molecule has 0 aromatic heterocycles. The molecular weight excluding hydrogens is 250 g/mol. The highest BCUT2D eigenvalue weighted by atomic mass is 35.5. The Morgan fingerprint density at radius 2 is 2.00 bits per heavy atom. The maximum atomic E-state index is 13.0. The average molecular weight is 256 g/mol. The Hall–Kier alpha value is -1.30. The fourth-order valence-electron chi connectivity index (χ4n) is 1.05. The van der Waals surface area contributed by atoms with Crippen LogP contribution in [0.2, 0.25) is 5.02 Å². The van der Waals surface area contributed by atoms with Crippen molar-refractivity contribution < 1.29 is 22.4 Å². The molecule has 0 fully saturated rings. The molecule has 0 bridgehead atoms. The number of alkyl halides is 3. The predicted molar refractivity (Wildman–Crippen MR) is 50.9 cm³/mol. The number of nitrogens with zero attached hydrogens (tertiary/aromatic N) is 1. The SMILES string of the molecule is O=CN(CC(F)(F)F)c1ccc(Cl)c(F)c1. The van der Waals surface area contributed by atoms with E-state index in [1.165, 1.54) is 0 Å². The third-order valence-corrected chi connectivity index (χ3v) is 2.02. The van der Waals surface area contributed by atoms with E-state index in [4.69, 9.17) is 11.6 Å². The molecule has 0 heterocycles. The van der Waals surface area contributed by atoms with E-state index in [2.05, 4.69) is 0 Å². The number of benzene rings is 1. The van der Waals surface area contributed by atoms with E-state index >= 15 is 0 Å². The van der Waals surface area contributed by atoms with Crippen molar-refractivity contribution >= 4 is 23.7 Å². The molecule has 16 heavy (non-hydrogen) atoms. The topological polar surface area (TPSA) is 20.3 Å². The molecular formula is C9H6ClF4NO. The molecule has 0 atom stereocenters. The van der Waals surface area contributed by atoms with Gasteiger partial charge >= 0.3 is 6.18 Å². The molecule has 1 aromatic carbocycles. The summed E-state index contributed by atoms with van der Waals surface area (Å²) in [6, 6.07) is 2.98. The molecule has 1 rings (SSSR count). The van der Waals surface area contributed by atoms with Gasteiger partial charge in [0.2, 0.25) is 6.41 Å². The predicted octanol–water partition coefficient (Wildman–Crippen LogP) is 3.00. The van der Waals surface area contributed by atoms with Crippen molar-refractivity contribution in [3.63, 3.8) is 0 Å². The molecule has 1 amide bonds. The molecule has 7 heteroatoms. The van der Waals surface area contributed by atoms with Crippen molar-refractivity contribution in [3.8, 4) is 0 Å². The van der Waals surface area contributed by atoms with Crippen LogP contribution < -0.4 is 4.90 Å². The van der Waals surface area contributed by atoms with Crippen LogP contribution in [0.3, 0.4) is 0 Å². The fourth-order valence-corrected chi connectivity index (χ4v) is 1.16. The normalized spacial score (nSPS) is 11.3. The van der Waals surface area contributed by atoms with Crippen molar-refractivity contribution in [2.75, 3.05) is 11.4 Å². The van der Waals surface area contributed by atoms with Crippen molar-refractivity contribution in [2.24, 2.45) is 0 Å². The Morgan fingerprint density at radius 1 is 1.38 bits per heavy atom. The zero-order valence-corrected chi connectivity index (χ0v) is 8.52. The third-order valence-electron chi connectivity index (χ3n) is 1.71. The molecule has 0 unspecified atom stereocenters. The van der Waals surface area contributed by atoms with Crippen LogP contribution in [0, 0.1) is 5.82 Å². The lowest BCUT2D eigenvalue weighted by Gasteiger charge is -2.19. The summed E-state index contributed by atoms with van der Waals surface area (Å²) in [6.45, 7) is -1.47. The smallest absolute Gasteiger partial charge is 0.306 e. The van der Waals surface area contributed by atoms with Gasteiger partial charge in [0, 0.05) is 5.69 Å². The zero-order valence-electron chi connectivity index (χ0n) is 7.76. The lowest BCUT2D eigenvalue weighted by molar-refractivity contribution is -0.126. The van der Waals surface area contributed by atoms with E-state index in [1.54, 1.807) is 0 Å². The minimum Gasteiger partial charge on any atom is -0.306 e. The van der Waals surface area contributed by atoms with Crippen LogP contribution in [-0.2, 0) is 4.79 Å². The number of hydrogen-bond donors (Lipinski definition) is 0. The second kappa shape index (κ2) is 4.69. The number of anilines is 1. The molecule has 0 saturated heterocycles. The Labute approximate surface area is 93.4 Å². The number of carbonyl (C=O) groups excluding carboxylic acids is 1. The van der Waals surface area contributed by atoms with Gasteiger partial charge < -0.3 is 4.90 Å². The minimum atomic E-state index is -4.54. The zero-order chi connectivity index (χ0) is 12.3. The van der Waals surface area contributed by atoms with Crippen LogP contribution in [0.5, 0.6) is 0 Å². The van der Waals surface area contributed by atoms with Crippen molar-refractivity contribution in [1.29, 1.82) is 0 Å². The largest absolute Gasteiger partial charge is 0.406 e. The van der Waals surface area contributed by atoms with E-state index in [-0.39, 0.29) is 17.1 Å². The van der Waals surface area contributed by atoms with Crippen LogP contribution in [0.1, 0.15) is 0 Å². The summed E-state index contributed by atoms with van der Waals surface area (Å²) in [5.41, 5.74) is -0.200. The van der Waals surface area contributed by atoms with Gasteiger partial charge in [-0.15, -0.1) is 0 Å². The quantitative estimate of drug-likeness (QED) is 0.601. The van der Waals surface area contributed by atoms with Gasteiger partial charge in [-0.25, -0.2) is 4.39 Å². The number of amides is 1. The van der Waals surface area contributed by atoms with Gasteiger partial charge in [0.05, 0.1) is 5.02 Å². The van der Waals surface area contributed by atoms with Crippen molar-refractivity contribution in [2.45, 2.75) is 6.18 Å². The molecule has 0 radical (unpaired) electrons. The number of hydrogen-bond acceptors (Lipinski definition) is 1. The first-order valence-corrected chi connectivity index (χ1v) is 4.45. The Kier molecular flexibility index (Phi) is 3.74.